The van der Waals surface area contributed by atoms with Crippen LogP contribution in [0.2, 0.25) is 5.02 Å². The number of methoxy groups -OCH3 is 1. The first-order valence-electron chi connectivity index (χ1n) is 9.81. The van der Waals surface area contributed by atoms with E-state index in [-0.39, 0.29) is 18.4 Å². The molecule has 0 aromatic heterocycles. The van der Waals surface area contributed by atoms with E-state index < -0.39 is 0 Å². The smallest absolute Gasteiger partial charge is 0.271 e. The zero-order valence-electron chi connectivity index (χ0n) is 17.9. The minimum Gasteiger partial charge on any atom is -0.493 e. The molecule has 0 bridgehead atoms. The van der Waals surface area contributed by atoms with Crippen LogP contribution in [-0.2, 0) is 4.79 Å². The van der Waals surface area contributed by atoms with Gasteiger partial charge < -0.3 is 14.8 Å². The van der Waals surface area contributed by atoms with Crippen LogP contribution < -0.4 is 20.2 Å². The van der Waals surface area contributed by atoms with Crippen LogP contribution in [0.3, 0.4) is 0 Å². The zero-order chi connectivity index (χ0) is 23.8. The molecule has 3 aromatic rings. The lowest BCUT2D eigenvalue weighted by Gasteiger charge is -2.13. The molecule has 0 fully saturated rings. The minimum atomic E-state index is -0.367. The van der Waals surface area contributed by atoms with E-state index in [2.05, 4.69) is 31.8 Å². The fraction of sp³-hybridized carbons (Fsp3) is 0.125. The Morgan fingerprint density at radius 2 is 1.88 bits per heavy atom. The van der Waals surface area contributed by atoms with E-state index in [1.54, 1.807) is 42.5 Å². The van der Waals surface area contributed by atoms with Gasteiger partial charge in [0.15, 0.2) is 18.1 Å². The Balaban J connectivity index is 1.62. The Kier molecular flexibility index (Phi) is 8.46. The Labute approximate surface area is 204 Å². The number of hydrazone groups is 1. The lowest BCUT2D eigenvalue weighted by molar-refractivity contribution is -0.118. The van der Waals surface area contributed by atoms with E-state index in [1.165, 1.54) is 13.3 Å². The molecule has 0 aliphatic carbocycles. The molecule has 170 valence electrons. The molecule has 0 saturated carbocycles. The summed E-state index contributed by atoms with van der Waals surface area (Å²) in [6, 6.07) is 17.4. The number of nitrogens with one attached hydrogen (secondary N) is 2. The van der Waals surface area contributed by atoms with Crippen molar-refractivity contribution >= 4 is 51.2 Å². The first kappa shape index (κ1) is 24.3. The highest BCUT2D eigenvalue weighted by Crippen LogP contribution is 2.36. The third-order valence-corrected chi connectivity index (χ3v) is 5.23. The lowest BCUT2D eigenvalue weighted by atomic mass is 10.2. The highest BCUT2D eigenvalue weighted by molar-refractivity contribution is 9.10. The van der Waals surface area contributed by atoms with E-state index in [0.29, 0.717) is 37.8 Å². The van der Waals surface area contributed by atoms with Crippen LogP contribution in [0, 0.1) is 6.92 Å². The maximum absolute atomic E-state index is 12.3. The van der Waals surface area contributed by atoms with Gasteiger partial charge in [-0.25, -0.2) is 5.43 Å². The van der Waals surface area contributed by atoms with Crippen molar-refractivity contribution in [1.82, 2.24) is 5.43 Å². The molecule has 2 amide bonds. The van der Waals surface area contributed by atoms with Crippen LogP contribution >= 0.6 is 27.5 Å². The molecule has 3 rings (SSSR count). The Morgan fingerprint density at radius 1 is 1.12 bits per heavy atom. The fourth-order valence-corrected chi connectivity index (χ4v) is 3.54. The predicted molar refractivity (Wildman–Crippen MR) is 133 cm³/mol. The standard InChI is InChI=1S/C24H21BrClN3O4/c1-15-4-3-5-19(10-15)28-22(30)14-33-23-20(25)11-16(12-21(23)32-2)13-27-29-24(31)17-6-8-18(26)9-7-17/h3-13H,14H2,1-2H3,(H,28,30)(H,29,31)/b27-13+. The van der Waals surface area contributed by atoms with Crippen molar-refractivity contribution in [3.8, 4) is 11.5 Å². The van der Waals surface area contributed by atoms with Crippen LogP contribution in [0.4, 0.5) is 5.69 Å². The van der Waals surface area contributed by atoms with Crippen molar-refractivity contribution < 1.29 is 19.1 Å². The van der Waals surface area contributed by atoms with Crippen molar-refractivity contribution in [2.75, 3.05) is 19.0 Å². The molecular formula is C24H21BrClN3O4. The number of hydrogen-bond donors (Lipinski definition) is 2. The van der Waals surface area contributed by atoms with E-state index >= 15 is 0 Å². The molecule has 0 unspecified atom stereocenters. The Bertz CT molecular complexity index is 1180. The highest BCUT2D eigenvalue weighted by atomic mass is 79.9. The maximum Gasteiger partial charge on any atom is 0.271 e. The number of aryl methyl sites for hydroxylation is 1. The van der Waals surface area contributed by atoms with E-state index in [4.69, 9.17) is 21.1 Å². The molecule has 0 spiro atoms. The largest absolute Gasteiger partial charge is 0.493 e. The number of carbonyl (C=O) groups is 2. The fourth-order valence-electron chi connectivity index (χ4n) is 2.84. The van der Waals surface area contributed by atoms with Gasteiger partial charge in [0.25, 0.3) is 11.8 Å². The van der Waals surface area contributed by atoms with Crippen molar-refractivity contribution in [3.63, 3.8) is 0 Å². The van der Waals surface area contributed by atoms with Gasteiger partial charge in [-0.05, 0) is 82.5 Å². The Hall–Kier alpha value is -3.36. The molecule has 0 saturated heterocycles. The number of carbonyl (C=O) groups excluding carboxylic acids is 2. The van der Waals surface area contributed by atoms with Gasteiger partial charge in [-0.3, -0.25) is 9.59 Å². The van der Waals surface area contributed by atoms with Gasteiger partial charge in [0.2, 0.25) is 0 Å². The summed E-state index contributed by atoms with van der Waals surface area (Å²) in [6.45, 7) is 1.75. The minimum absolute atomic E-state index is 0.201. The van der Waals surface area contributed by atoms with E-state index in [1.807, 2.05) is 25.1 Å². The molecule has 0 heterocycles. The normalized spacial score (nSPS) is 10.7. The molecule has 7 nitrogen and oxygen atoms in total. The van der Waals surface area contributed by atoms with E-state index in [9.17, 15) is 9.59 Å². The summed E-state index contributed by atoms with van der Waals surface area (Å²) in [7, 11) is 1.49. The van der Waals surface area contributed by atoms with Crippen molar-refractivity contribution in [3.05, 3.63) is 86.8 Å². The summed E-state index contributed by atoms with van der Waals surface area (Å²) in [5.74, 6) is 0.107. The van der Waals surface area contributed by atoms with Gasteiger partial charge in [0.05, 0.1) is 17.8 Å². The molecule has 9 heteroatoms. The van der Waals surface area contributed by atoms with Gasteiger partial charge in [-0.1, -0.05) is 23.7 Å². The molecule has 0 aliphatic heterocycles. The van der Waals surface area contributed by atoms with Gasteiger partial charge in [0, 0.05) is 16.3 Å². The second kappa shape index (κ2) is 11.5. The average Bonchev–Trinajstić information content (AvgIpc) is 2.78. The van der Waals surface area contributed by atoms with Gasteiger partial charge in [-0.15, -0.1) is 0 Å². The molecule has 0 radical (unpaired) electrons. The first-order valence-corrected chi connectivity index (χ1v) is 11.0. The second-order valence-corrected chi connectivity index (χ2v) is 8.24. The molecular weight excluding hydrogens is 510 g/mol. The predicted octanol–water partition coefficient (Wildman–Crippen LogP) is 5.20. The molecule has 3 aromatic carbocycles. The highest BCUT2D eigenvalue weighted by Gasteiger charge is 2.14. The average molecular weight is 531 g/mol. The molecule has 0 atom stereocenters. The maximum atomic E-state index is 12.3. The number of halogens is 2. The zero-order valence-corrected chi connectivity index (χ0v) is 20.2. The summed E-state index contributed by atoms with van der Waals surface area (Å²) in [5.41, 5.74) is 5.27. The number of rotatable bonds is 8. The number of hydrogen-bond acceptors (Lipinski definition) is 5. The van der Waals surface area contributed by atoms with Gasteiger partial charge >= 0.3 is 0 Å². The number of amides is 2. The topological polar surface area (TPSA) is 89.0 Å². The number of benzene rings is 3. The van der Waals surface area contributed by atoms with Gasteiger partial charge in [0.1, 0.15) is 0 Å². The van der Waals surface area contributed by atoms with Crippen LogP contribution in [0.25, 0.3) is 0 Å². The van der Waals surface area contributed by atoms with Crippen molar-refractivity contribution in [1.29, 1.82) is 0 Å². The van der Waals surface area contributed by atoms with Crippen LogP contribution in [-0.4, -0.2) is 31.7 Å². The summed E-state index contributed by atoms with van der Waals surface area (Å²) in [4.78, 5) is 24.4. The first-order chi connectivity index (χ1) is 15.9. The summed E-state index contributed by atoms with van der Waals surface area (Å²) in [6.07, 6.45) is 1.47. The van der Waals surface area contributed by atoms with E-state index in [0.717, 1.165) is 5.56 Å². The Morgan fingerprint density at radius 3 is 2.58 bits per heavy atom. The summed E-state index contributed by atoms with van der Waals surface area (Å²) >= 11 is 9.26. The van der Waals surface area contributed by atoms with Crippen LogP contribution in [0.5, 0.6) is 11.5 Å². The van der Waals surface area contributed by atoms with Crippen molar-refractivity contribution in [2.45, 2.75) is 6.92 Å². The molecule has 0 aliphatic rings. The summed E-state index contributed by atoms with van der Waals surface area (Å²) in [5, 5.41) is 7.31. The SMILES string of the molecule is COc1cc(/C=N/NC(=O)c2ccc(Cl)cc2)cc(Br)c1OCC(=O)Nc1cccc(C)c1. The molecule has 2 N–H and O–H groups in total. The van der Waals surface area contributed by atoms with Crippen LogP contribution in [0.1, 0.15) is 21.5 Å². The number of anilines is 1. The number of ether oxygens (including phenoxy) is 2. The lowest BCUT2D eigenvalue weighted by Crippen LogP contribution is -2.20. The monoisotopic (exact) mass is 529 g/mol. The van der Waals surface area contributed by atoms with Gasteiger partial charge in [-0.2, -0.15) is 5.10 Å². The van der Waals surface area contributed by atoms with Crippen LogP contribution in [0.15, 0.2) is 70.2 Å². The summed E-state index contributed by atoms with van der Waals surface area (Å²) < 4.78 is 11.6. The third-order valence-electron chi connectivity index (χ3n) is 4.39. The van der Waals surface area contributed by atoms with Crippen molar-refractivity contribution in [2.24, 2.45) is 5.10 Å². The number of nitrogens with zero attached hydrogens (tertiary/aromatic N) is 1. The third kappa shape index (κ3) is 7.06. The second-order valence-electron chi connectivity index (χ2n) is 6.95. The quantitative estimate of drug-likeness (QED) is 0.309. The molecule has 33 heavy (non-hydrogen) atoms.